The van der Waals surface area contributed by atoms with Gasteiger partial charge in [0, 0.05) is 0 Å². The molecule has 0 atom stereocenters. The first-order valence-corrected chi connectivity index (χ1v) is 1.21. The van der Waals surface area contributed by atoms with Crippen LogP contribution in [-0.2, 0) is 27.5 Å². The molecule has 0 aromatic carbocycles. The summed E-state index contributed by atoms with van der Waals surface area (Å²) in [7, 11) is 0. The Morgan fingerprint density at radius 2 is 1.25 bits per heavy atom. The molecule has 0 aromatic rings. The van der Waals surface area contributed by atoms with Crippen LogP contribution >= 0.6 is 0 Å². The van der Waals surface area contributed by atoms with E-state index < -0.39 is 0 Å². The number of rotatable bonds is 0. The van der Waals surface area contributed by atoms with Crippen molar-refractivity contribution in [2.75, 3.05) is 0 Å². The van der Waals surface area contributed by atoms with Crippen LogP contribution in [0.4, 0.5) is 0 Å². The Morgan fingerprint density at radius 1 is 1.25 bits per heavy atom. The summed E-state index contributed by atoms with van der Waals surface area (Å²) < 4.78 is 8.34. The van der Waals surface area contributed by atoms with Gasteiger partial charge in [0.15, 0.2) is 0 Å². The van der Waals surface area contributed by atoms with Crippen molar-refractivity contribution < 1.29 is 33.0 Å². The molecule has 0 aromatic heterocycles. The quantitative estimate of drug-likeness (QED) is 0.435. The van der Waals surface area contributed by atoms with E-state index in [9.17, 15) is 0 Å². The molecule has 0 saturated carbocycles. The van der Waals surface area contributed by atoms with Gasteiger partial charge in [0.2, 0.25) is 0 Å². The van der Waals surface area contributed by atoms with Gasteiger partial charge < -0.3 is 5.48 Å². The fourth-order valence-electron chi connectivity index (χ4n) is 0. The molecule has 4 heavy (non-hydrogen) atoms. The third-order valence-corrected chi connectivity index (χ3v) is 0. The van der Waals surface area contributed by atoms with Crippen molar-refractivity contribution in [2.24, 2.45) is 0 Å². The summed E-state index contributed by atoms with van der Waals surface area (Å²) in [5, 5.41) is 0. The second-order valence-corrected chi connectivity index (χ2v) is 0. The maximum atomic E-state index is 8.34. The molecular weight excluding hydrogens is 163 g/mol. The Labute approximate surface area is 69.6 Å². The zero-order chi connectivity index (χ0) is 2.00. The van der Waals surface area contributed by atoms with Crippen molar-refractivity contribution in [3.05, 3.63) is 0 Å². The molecule has 20 valence electrons. The minimum absolute atomic E-state index is 0. The molecule has 0 aliphatic heterocycles. The summed E-state index contributed by atoms with van der Waals surface area (Å²) in [6.45, 7) is 0. The van der Waals surface area contributed by atoms with Gasteiger partial charge in [-0.1, -0.05) is 0 Å². The van der Waals surface area contributed by atoms with Crippen molar-refractivity contribution in [1.82, 2.24) is 0 Å². The van der Waals surface area contributed by atoms with Crippen LogP contribution in [0.1, 0.15) is 0 Å². The minimum atomic E-state index is 0. The van der Waals surface area contributed by atoms with E-state index in [0.29, 0.717) is 24.7 Å². The SMILES string of the molecule is [CaH+].[OH-].[O]=[Zr]. The predicted octanol–water partition coefficient (Wildman–Crippen LogP) is -0.947. The maximum absolute atomic E-state index is 8.34. The van der Waals surface area contributed by atoms with E-state index in [1.54, 1.807) is 0 Å². The van der Waals surface area contributed by atoms with Gasteiger partial charge in [-0.15, -0.1) is 0 Å². The Morgan fingerprint density at radius 3 is 1.25 bits per heavy atom. The molecule has 0 heterocycles. The molecule has 0 radical (unpaired) electrons. The van der Waals surface area contributed by atoms with Crippen molar-refractivity contribution in [3.8, 4) is 0 Å². The van der Waals surface area contributed by atoms with E-state index in [-0.39, 0.29) is 43.2 Å². The normalized spacial score (nSPS) is 0.750. The van der Waals surface area contributed by atoms with Crippen LogP contribution in [0.15, 0.2) is 0 Å². The third-order valence-electron chi connectivity index (χ3n) is 0. The molecular formula is H2CaO2Zr. The second-order valence-electron chi connectivity index (χ2n) is 0. The average molecular weight is 165 g/mol. The monoisotopic (exact) mass is 164 g/mol. The van der Waals surface area contributed by atoms with Gasteiger partial charge in [0.1, 0.15) is 0 Å². The zero-order valence-electron chi connectivity index (χ0n) is 2.36. The first-order chi connectivity index (χ1) is 1.00. The summed E-state index contributed by atoms with van der Waals surface area (Å²) in [6, 6.07) is 0. The molecule has 2 nitrogen and oxygen atoms in total. The van der Waals surface area contributed by atoms with Crippen LogP contribution < -0.4 is 0 Å². The summed E-state index contributed by atoms with van der Waals surface area (Å²) in [4.78, 5) is 0. The third kappa shape index (κ3) is 9.08. The molecule has 0 spiro atoms. The van der Waals surface area contributed by atoms with Crippen LogP contribution in [0.3, 0.4) is 0 Å². The van der Waals surface area contributed by atoms with Crippen molar-refractivity contribution in [2.45, 2.75) is 0 Å². The summed E-state index contributed by atoms with van der Waals surface area (Å²) in [5.41, 5.74) is 0. The van der Waals surface area contributed by atoms with E-state index in [1.165, 1.54) is 0 Å². The van der Waals surface area contributed by atoms with Gasteiger partial charge in [-0.05, 0) is 0 Å². The van der Waals surface area contributed by atoms with Gasteiger partial charge >= 0.3 is 65.3 Å². The summed E-state index contributed by atoms with van der Waals surface area (Å²) in [5.74, 6) is 0. The first kappa shape index (κ1) is 16.8. The average Bonchev–Trinajstić information content (AvgIpc) is 1.00. The fraction of sp³-hybridized carbons (Fsp3) is 0. The van der Waals surface area contributed by atoms with E-state index in [0.717, 1.165) is 0 Å². The fourth-order valence-corrected chi connectivity index (χ4v) is 0. The van der Waals surface area contributed by atoms with E-state index in [1.807, 2.05) is 0 Å². The van der Waals surface area contributed by atoms with Gasteiger partial charge in [0.05, 0.1) is 0 Å². The molecule has 4 heteroatoms. The van der Waals surface area contributed by atoms with Crippen LogP contribution in [0.25, 0.3) is 0 Å². The Balaban J connectivity index is -0.00000000500. The van der Waals surface area contributed by atoms with E-state index in [2.05, 4.69) is 0 Å². The zero-order valence-corrected chi connectivity index (χ0v) is 7.94. The number of hydrogen-bond acceptors (Lipinski definition) is 2. The van der Waals surface area contributed by atoms with Gasteiger partial charge in [0.25, 0.3) is 0 Å². The predicted molar refractivity (Wildman–Crippen MR) is 9.77 cm³/mol. The van der Waals surface area contributed by atoms with E-state index >= 15 is 0 Å². The molecule has 0 rings (SSSR count). The molecule has 0 saturated heterocycles. The van der Waals surface area contributed by atoms with Crippen LogP contribution in [0, 0.1) is 0 Å². The Bertz CT molecular complexity index is 6.00. The van der Waals surface area contributed by atoms with Gasteiger partial charge in [-0.3, -0.25) is 0 Å². The molecule has 0 amide bonds. The van der Waals surface area contributed by atoms with Crippen molar-refractivity contribution >= 4 is 37.7 Å². The summed E-state index contributed by atoms with van der Waals surface area (Å²) in [6.07, 6.45) is 0. The molecule has 0 bridgehead atoms. The Hall–Kier alpha value is 1.90. The number of hydrogen-bond donors (Lipinski definition) is 0. The van der Waals surface area contributed by atoms with Crippen LogP contribution in [-0.4, -0.2) is 43.2 Å². The standard InChI is InChI=1S/Ca.H2O.O.Zr.H/h;1H2;;;/q+1;;;;/p-1. The van der Waals surface area contributed by atoms with Gasteiger partial charge in [-0.2, -0.15) is 0 Å². The molecule has 0 unspecified atom stereocenters. The molecule has 0 aliphatic carbocycles. The first-order valence-electron chi connectivity index (χ1n) is 0.204. The van der Waals surface area contributed by atoms with Crippen LogP contribution in [0.5, 0.6) is 0 Å². The topological polar surface area (TPSA) is 47.1 Å². The molecule has 0 aliphatic rings. The second kappa shape index (κ2) is 20.6. The molecule has 1 N–H and O–H groups in total. The van der Waals surface area contributed by atoms with Crippen LogP contribution in [0.2, 0.25) is 0 Å². The molecule has 0 fully saturated rings. The van der Waals surface area contributed by atoms with E-state index in [4.69, 9.17) is 2.81 Å². The summed E-state index contributed by atoms with van der Waals surface area (Å²) >= 11 is 0.300. The van der Waals surface area contributed by atoms with Crippen molar-refractivity contribution in [1.29, 1.82) is 0 Å². The van der Waals surface area contributed by atoms with Gasteiger partial charge in [-0.25, -0.2) is 0 Å². The van der Waals surface area contributed by atoms with Crippen molar-refractivity contribution in [3.63, 3.8) is 0 Å². The Kier molecular flexibility index (Phi) is 86.8.